The zero-order valence-corrected chi connectivity index (χ0v) is 8.52. The summed E-state index contributed by atoms with van der Waals surface area (Å²) in [7, 11) is 1.50. The summed E-state index contributed by atoms with van der Waals surface area (Å²) in [5, 5.41) is 19.2. The van der Waals surface area contributed by atoms with Gasteiger partial charge in [0.05, 0.1) is 11.7 Å². The van der Waals surface area contributed by atoms with Crippen molar-refractivity contribution in [2.24, 2.45) is 0 Å². The highest BCUT2D eigenvalue weighted by molar-refractivity contribution is 4.96. The van der Waals surface area contributed by atoms with E-state index < -0.39 is 23.9 Å². The molecule has 0 radical (unpaired) electrons. The minimum absolute atomic E-state index is 0.364. The Hall–Kier alpha value is -0.160. The first-order valence-electron chi connectivity index (χ1n) is 4.47. The summed E-state index contributed by atoms with van der Waals surface area (Å²) in [6.07, 6.45) is -2.61. The normalized spacial score (nSPS) is 44.8. The first-order valence-corrected chi connectivity index (χ1v) is 4.47. The summed E-state index contributed by atoms with van der Waals surface area (Å²) >= 11 is 0. The van der Waals surface area contributed by atoms with E-state index in [0.29, 0.717) is 0 Å². The molecule has 0 saturated carbocycles. The van der Waals surface area contributed by atoms with Crippen molar-refractivity contribution in [2.45, 2.75) is 50.8 Å². The molecule has 0 spiro atoms. The van der Waals surface area contributed by atoms with Crippen LogP contribution in [-0.4, -0.2) is 47.3 Å². The van der Waals surface area contributed by atoms with Crippen LogP contribution in [0, 0.1) is 0 Å². The van der Waals surface area contributed by atoms with Gasteiger partial charge in [-0.3, -0.25) is 0 Å². The second kappa shape index (κ2) is 3.53. The van der Waals surface area contributed by atoms with Crippen molar-refractivity contribution in [1.29, 1.82) is 0 Å². The Morgan fingerprint density at radius 2 is 1.77 bits per heavy atom. The van der Waals surface area contributed by atoms with Gasteiger partial charge in [0.2, 0.25) is 0 Å². The van der Waals surface area contributed by atoms with Gasteiger partial charge in [0.1, 0.15) is 18.3 Å². The lowest BCUT2D eigenvalue weighted by atomic mass is 9.88. The first kappa shape index (κ1) is 10.9. The van der Waals surface area contributed by atoms with E-state index in [4.69, 9.17) is 9.47 Å². The molecule has 4 nitrogen and oxygen atoms in total. The third-order valence-electron chi connectivity index (χ3n) is 2.57. The molecule has 0 aliphatic carbocycles. The number of hydrogen-bond acceptors (Lipinski definition) is 4. The molecule has 1 fully saturated rings. The Morgan fingerprint density at radius 3 is 2.23 bits per heavy atom. The van der Waals surface area contributed by atoms with E-state index >= 15 is 0 Å². The Bertz CT molecular complexity index is 180. The smallest absolute Gasteiger partial charge is 0.114 e. The van der Waals surface area contributed by atoms with Crippen molar-refractivity contribution in [3.8, 4) is 0 Å². The van der Waals surface area contributed by atoms with Gasteiger partial charge in [-0.2, -0.15) is 0 Å². The summed E-state index contributed by atoms with van der Waals surface area (Å²) in [5.74, 6) is 0. The second-order valence-corrected chi connectivity index (χ2v) is 4.06. The number of hydrogen-bond donors (Lipinski definition) is 2. The molecule has 1 rings (SSSR count). The minimum atomic E-state index is -0.885. The Balaban J connectivity index is 2.82. The maximum atomic E-state index is 9.69. The zero-order valence-electron chi connectivity index (χ0n) is 8.52. The van der Waals surface area contributed by atoms with E-state index in [2.05, 4.69) is 0 Å². The number of aliphatic hydroxyl groups is 2. The van der Waals surface area contributed by atoms with E-state index in [0.717, 1.165) is 0 Å². The highest BCUT2D eigenvalue weighted by Gasteiger charge is 2.47. The van der Waals surface area contributed by atoms with E-state index in [1.54, 1.807) is 6.92 Å². The number of ether oxygens (including phenoxy) is 2. The van der Waals surface area contributed by atoms with Gasteiger partial charge in [-0.05, 0) is 20.8 Å². The van der Waals surface area contributed by atoms with Crippen LogP contribution in [-0.2, 0) is 9.47 Å². The summed E-state index contributed by atoms with van der Waals surface area (Å²) in [5.41, 5.74) is -0.563. The van der Waals surface area contributed by atoms with Crippen LogP contribution < -0.4 is 0 Å². The quantitative estimate of drug-likeness (QED) is 0.607. The molecule has 1 aliphatic rings. The molecule has 4 heteroatoms. The molecule has 2 N–H and O–H groups in total. The second-order valence-electron chi connectivity index (χ2n) is 4.06. The lowest BCUT2D eigenvalue weighted by Gasteiger charge is -2.46. The van der Waals surface area contributed by atoms with Crippen molar-refractivity contribution in [1.82, 2.24) is 0 Å². The van der Waals surface area contributed by atoms with Crippen molar-refractivity contribution < 1.29 is 19.7 Å². The molecule has 1 aliphatic heterocycles. The Kier molecular flexibility index (Phi) is 2.97. The fourth-order valence-electron chi connectivity index (χ4n) is 1.91. The predicted molar refractivity (Wildman–Crippen MR) is 47.4 cm³/mol. The molecular formula is C9H18O4. The summed E-state index contributed by atoms with van der Waals surface area (Å²) in [6, 6.07) is 0. The van der Waals surface area contributed by atoms with Gasteiger partial charge < -0.3 is 19.7 Å². The molecule has 0 bridgehead atoms. The van der Waals surface area contributed by atoms with Crippen LogP contribution in [0.1, 0.15) is 20.8 Å². The van der Waals surface area contributed by atoms with Crippen molar-refractivity contribution in [3.63, 3.8) is 0 Å². The van der Waals surface area contributed by atoms with E-state index in [1.807, 2.05) is 13.8 Å². The monoisotopic (exact) mass is 190 g/mol. The van der Waals surface area contributed by atoms with Crippen LogP contribution in [0.5, 0.6) is 0 Å². The average Bonchev–Trinajstić information content (AvgIpc) is 2.00. The van der Waals surface area contributed by atoms with Crippen LogP contribution in [0.3, 0.4) is 0 Å². The van der Waals surface area contributed by atoms with Crippen molar-refractivity contribution >= 4 is 0 Å². The van der Waals surface area contributed by atoms with Gasteiger partial charge in [0.15, 0.2) is 0 Å². The van der Waals surface area contributed by atoms with E-state index in [-0.39, 0.29) is 6.10 Å². The molecule has 1 heterocycles. The average molecular weight is 190 g/mol. The van der Waals surface area contributed by atoms with Crippen LogP contribution in [0.4, 0.5) is 0 Å². The fraction of sp³-hybridized carbons (Fsp3) is 1.00. The maximum absolute atomic E-state index is 9.69. The van der Waals surface area contributed by atoms with Crippen LogP contribution in [0.25, 0.3) is 0 Å². The first-order chi connectivity index (χ1) is 5.90. The van der Waals surface area contributed by atoms with E-state index in [9.17, 15) is 10.2 Å². The summed E-state index contributed by atoms with van der Waals surface area (Å²) in [4.78, 5) is 0. The Labute approximate surface area is 78.5 Å². The molecule has 0 amide bonds. The van der Waals surface area contributed by atoms with Crippen molar-refractivity contribution in [3.05, 3.63) is 0 Å². The third-order valence-corrected chi connectivity index (χ3v) is 2.57. The highest BCUT2D eigenvalue weighted by Crippen LogP contribution is 2.30. The molecule has 4 atom stereocenters. The third kappa shape index (κ3) is 1.86. The van der Waals surface area contributed by atoms with Crippen molar-refractivity contribution in [2.75, 3.05) is 7.11 Å². The number of rotatable bonds is 1. The summed E-state index contributed by atoms with van der Waals surface area (Å²) < 4.78 is 10.6. The molecule has 0 aromatic carbocycles. The Morgan fingerprint density at radius 1 is 1.23 bits per heavy atom. The predicted octanol–water partition coefficient (Wildman–Crippen LogP) is -0.0795. The fourth-order valence-corrected chi connectivity index (χ4v) is 1.91. The highest BCUT2D eigenvalue weighted by atomic mass is 16.6. The lowest BCUT2D eigenvalue weighted by molar-refractivity contribution is -0.258. The SMILES string of the molecule is CO[C@H]1[C@H](O)[C@H](O)[C@@H](C)OC1(C)C. The van der Waals surface area contributed by atoms with Gasteiger partial charge in [-0.1, -0.05) is 0 Å². The topological polar surface area (TPSA) is 58.9 Å². The van der Waals surface area contributed by atoms with Crippen LogP contribution in [0.2, 0.25) is 0 Å². The maximum Gasteiger partial charge on any atom is 0.114 e. The zero-order chi connectivity index (χ0) is 10.2. The molecule has 1 saturated heterocycles. The number of methoxy groups -OCH3 is 1. The van der Waals surface area contributed by atoms with Gasteiger partial charge in [-0.25, -0.2) is 0 Å². The van der Waals surface area contributed by atoms with Gasteiger partial charge in [0.25, 0.3) is 0 Å². The lowest BCUT2D eigenvalue weighted by Crippen LogP contribution is -2.61. The van der Waals surface area contributed by atoms with Crippen LogP contribution in [0.15, 0.2) is 0 Å². The summed E-state index contributed by atoms with van der Waals surface area (Å²) in [6.45, 7) is 5.42. The minimum Gasteiger partial charge on any atom is -0.388 e. The molecule has 13 heavy (non-hydrogen) atoms. The molecule has 0 aromatic rings. The largest absolute Gasteiger partial charge is 0.388 e. The molecule has 0 aromatic heterocycles. The molecule has 78 valence electrons. The van der Waals surface area contributed by atoms with Gasteiger partial charge in [-0.15, -0.1) is 0 Å². The van der Waals surface area contributed by atoms with E-state index in [1.165, 1.54) is 7.11 Å². The number of aliphatic hydroxyl groups excluding tert-OH is 2. The van der Waals surface area contributed by atoms with Crippen LogP contribution >= 0.6 is 0 Å². The standard InChI is InChI=1S/C9H18O4/c1-5-6(10)7(11)8(12-4)9(2,3)13-5/h5-8,10-11H,1-4H3/t5-,6-,7-,8+/m1/s1. The molecular weight excluding hydrogens is 172 g/mol. The molecule has 0 unspecified atom stereocenters. The van der Waals surface area contributed by atoms with Gasteiger partial charge >= 0.3 is 0 Å². The van der Waals surface area contributed by atoms with Gasteiger partial charge in [0, 0.05) is 7.11 Å².